The quantitative estimate of drug-likeness (QED) is 0.781. The molecule has 0 radical (unpaired) electrons. The molecule has 1 heterocycles. The van der Waals surface area contributed by atoms with E-state index in [9.17, 15) is 0 Å². The summed E-state index contributed by atoms with van der Waals surface area (Å²) in [7, 11) is 0. The lowest BCUT2D eigenvalue weighted by Crippen LogP contribution is -2.22. The Bertz CT molecular complexity index is 267. The van der Waals surface area contributed by atoms with Gasteiger partial charge in [-0.25, -0.2) is 4.98 Å². The molecular weight excluding hydrogens is 174 g/mol. The maximum absolute atomic E-state index is 5.67. The van der Waals surface area contributed by atoms with Gasteiger partial charge in [-0.05, 0) is 25.8 Å². The van der Waals surface area contributed by atoms with Gasteiger partial charge < -0.3 is 10.3 Å². The van der Waals surface area contributed by atoms with E-state index in [4.69, 9.17) is 5.73 Å². The Kier molecular flexibility index (Phi) is 4.14. The maximum atomic E-state index is 5.67. The summed E-state index contributed by atoms with van der Waals surface area (Å²) in [5, 5.41) is 0. The molecule has 2 atom stereocenters. The molecule has 3 nitrogen and oxygen atoms in total. The van der Waals surface area contributed by atoms with Crippen LogP contribution in [0.1, 0.15) is 39.1 Å². The van der Waals surface area contributed by atoms with Crippen LogP contribution in [-0.2, 0) is 6.42 Å². The van der Waals surface area contributed by atoms with Crippen molar-refractivity contribution in [3.63, 3.8) is 0 Å². The van der Waals surface area contributed by atoms with E-state index in [0.29, 0.717) is 12.0 Å². The maximum Gasteiger partial charge on any atom is 0.108 e. The zero-order valence-corrected chi connectivity index (χ0v) is 9.40. The van der Waals surface area contributed by atoms with Gasteiger partial charge in [0.05, 0.1) is 0 Å². The molecule has 0 aromatic carbocycles. The number of nitrogens with zero attached hydrogens (tertiary/aromatic N) is 2. The van der Waals surface area contributed by atoms with Crippen molar-refractivity contribution in [1.29, 1.82) is 0 Å². The molecule has 0 saturated carbocycles. The van der Waals surface area contributed by atoms with Crippen LogP contribution >= 0.6 is 0 Å². The lowest BCUT2D eigenvalue weighted by Gasteiger charge is -2.21. The average molecular weight is 195 g/mol. The second-order valence-electron chi connectivity index (χ2n) is 3.95. The molecule has 0 bridgehead atoms. The summed E-state index contributed by atoms with van der Waals surface area (Å²) in [6.45, 7) is 7.29. The summed E-state index contributed by atoms with van der Waals surface area (Å²) >= 11 is 0. The Balaban J connectivity index is 2.77. The van der Waals surface area contributed by atoms with Gasteiger partial charge in [0, 0.05) is 24.9 Å². The normalized spacial score (nSPS) is 15.4. The third-order valence-corrected chi connectivity index (χ3v) is 2.86. The van der Waals surface area contributed by atoms with Gasteiger partial charge in [0.1, 0.15) is 5.82 Å². The smallest absolute Gasteiger partial charge is 0.108 e. The number of aromatic nitrogens is 2. The summed E-state index contributed by atoms with van der Waals surface area (Å²) in [5.41, 5.74) is 5.67. The van der Waals surface area contributed by atoms with Crippen LogP contribution < -0.4 is 5.73 Å². The van der Waals surface area contributed by atoms with Crippen LogP contribution in [0.15, 0.2) is 12.4 Å². The molecular formula is C11H21N3. The highest BCUT2D eigenvalue weighted by Gasteiger charge is 2.14. The summed E-state index contributed by atoms with van der Waals surface area (Å²) < 4.78 is 2.25. The van der Waals surface area contributed by atoms with Crippen molar-refractivity contribution in [2.75, 3.05) is 6.54 Å². The van der Waals surface area contributed by atoms with E-state index >= 15 is 0 Å². The summed E-state index contributed by atoms with van der Waals surface area (Å²) in [6, 6.07) is 0.448. The molecule has 3 heteroatoms. The monoisotopic (exact) mass is 195 g/mol. The van der Waals surface area contributed by atoms with Crippen LogP contribution in [0.5, 0.6) is 0 Å². The van der Waals surface area contributed by atoms with Gasteiger partial charge in [-0.3, -0.25) is 0 Å². The van der Waals surface area contributed by atoms with Gasteiger partial charge in [-0.1, -0.05) is 13.8 Å². The predicted molar refractivity (Wildman–Crippen MR) is 59.2 cm³/mol. The summed E-state index contributed by atoms with van der Waals surface area (Å²) in [5.74, 6) is 1.68. The van der Waals surface area contributed by atoms with E-state index in [-0.39, 0.29) is 0 Å². The molecule has 0 aliphatic carbocycles. The van der Waals surface area contributed by atoms with Crippen molar-refractivity contribution in [3.8, 4) is 0 Å². The molecule has 0 fully saturated rings. The first-order chi connectivity index (χ1) is 6.70. The second kappa shape index (κ2) is 5.15. The lowest BCUT2D eigenvalue weighted by molar-refractivity contribution is 0.377. The van der Waals surface area contributed by atoms with Gasteiger partial charge in [0.2, 0.25) is 0 Å². The van der Waals surface area contributed by atoms with Crippen LogP contribution in [-0.4, -0.2) is 16.1 Å². The minimum atomic E-state index is 0.448. The van der Waals surface area contributed by atoms with Crippen molar-refractivity contribution < 1.29 is 0 Å². The molecule has 1 aromatic rings. The highest BCUT2D eigenvalue weighted by atomic mass is 15.1. The van der Waals surface area contributed by atoms with Crippen LogP contribution in [0.2, 0.25) is 0 Å². The first-order valence-corrected chi connectivity index (χ1v) is 5.42. The number of imidazole rings is 1. The van der Waals surface area contributed by atoms with Crippen molar-refractivity contribution in [2.45, 2.75) is 39.7 Å². The van der Waals surface area contributed by atoms with E-state index in [0.717, 1.165) is 19.4 Å². The third kappa shape index (κ3) is 2.35. The Labute approximate surface area is 86.3 Å². The molecule has 1 rings (SSSR count). The van der Waals surface area contributed by atoms with Crippen LogP contribution in [0.3, 0.4) is 0 Å². The van der Waals surface area contributed by atoms with E-state index < -0.39 is 0 Å². The van der Waals surface area contributed by atoms with Crippen LogP contribution in [0.25, 0.3) is 0 Å². The molecule has 0 spiro atoms. The van der Waals surface area contributed by atoms with E-state index in [1.807, 2.05) is 6.20 Å². The standard InChI is InChI=1S/C11H21N3/c1-4-5-11-13-6-7-14(11)10(3)9(2)8-12/h6-7,9-10H,4-5,8,12H2,1-3H3. The van der Waals surface area contributed by atoms with Crippen LogP contribution in [0, 0.1) is 5.92 Å². The number of hydrogen-bond donors (Lipinski definition) is 1. The first-order valence-electron chi connectivity index (χ1n) is 5.42. The molecule has 0 aliphatic rings. The Hall–Kier alpha value is -0.830. The Morgan fingerprint density at radius 2 is 2.21 bits per heavy atom. The average Bonchev–Trinajstić information content (AvgIpc) is 2.64. The molecule has 2 N–H and O–H groups in total. The Morgan fingerprint density at radius 1 is 1.50 bits per heavy atom. The highest BCUT2D eigenvalue weighted by molar-refractivity contribution is 4.95. The van der Waals surface area contributed by atoms with E-state index in [1.54, 1.807) is 0 Å². The van der Waals surface area contributed by atoms with Gasteiger partial charge in [0.15, 0.2) is 0 Å². The zero-order chi connectivity index (χ0) is 10.6. The molecule has 0 aliphatic heterocycles. The summed E-state index contributed by atoms with van der Waals surface area (Å²) in [4.78, 5) is 4.37. The zero-order valence-electron chi connectivity index (χ0n) is 9.40. The van der Waals surface area contributed by atoms with Crippen molar-refractivity contribution in [2.24, 2.45) is 11.7 Å². The fraction of sp³-hybridized carbons (Fsp3) is 0.727. The number of nitrogens with two attached hydrogens (primary N) is 1. The van der Waals surface area contributed by atoms with Gasteiger partial charge >= 0.3 is 0 Å². The second-order valence-corrected chi connectivity index (χ2v) is 3.95. The largest absolute Gasteiger partial charge is 0.332 e. The predicted octanol–water partition coefficient (Wildman–Crippen LogP) is 1.99. The highest BCUT2D eigenvalue weighted by Crippen LogP contribution is 2.18. The Morgan fingerprint density at radius 3 is 2.79 bits per heavy atom. The molecule has 1 aromatic heterocycles. The van der Waals surface area contributed by atoms with Gasteiger partial charge in [-0.2, -0.15) is 0 Å². The van der Waals surface area contributed by atoms with Crippen molar-refractivity contribution >= 4 is 0 Å². The number of hydrogen-bond acceptors (Lipinski definition) is 2. The molecule has 0 amide bonds. The fourth-order valence-electron chi connectivity index (χ4n) is 1.60. The van der Waals surface area contributed by atoms with Crippen molar-refractivity contribution in [3.05, 3.63) is 18.2 Å². The fourth-order valence-corrected chi connectivity index (χ4v) is 1.60. The third-order valence-electron chi connectivity index (χ3n) is 2.86. The minimum Gasteiger partial charge on any atom is -0.332 e. The topological polar surface area (TPSA) is 43.8 Å². The van der Waals surface area contributed by atoms with Crippen molar-refractivity contribution in [1.82, 2.24) is 9.55 Å². The van der Waals surface area contributed by atoms with E-state index in [1.165, 1.54) is 5.82 Å². The number of aryl methyl sites for hydroxylation is 1. The lowest BCUT2D eigenvalue weighted by atomic mass is 10.0. The minimum absolute atomic E-state index is 0.448. The molecule has 80 valence electrons. The molecule has 14 heavy (non-hydrogen) atoms. The number of rotatable bonds is 5. The molecule has 2 unspecified atom stereocenters. The van der Waals surface area contributed by atoms with Gasteiger partial charge in [-0.15, -0.1) is 0 Å². The van der Waals surface area contributed by atoms with Gasteiger partial charge in [0.25, 0.3) is 0 Å². The first kappa shape index (κ1) is 11.2. The summed E-state index contributed by atoms with van der Waals surface area (Å²) in [6.07, 6.45) is 6.13. The molecule has 0 saturated heterocycles. The van der Waals surface area contributed by atoms with Crippen LogP contribution in [0.4, 0.5) is 0 Å². The van der Waals surface area contributed by atoms with E-state index in [2.05, 4.69) is 36.5 Å². The SMILES string of the molecule is CCCc1nccn1C(C)C(C)CN.